The molecule has 1 aromatic carbocycles. The molecule has 266 valence electrons. The number of carbonyl (C=O) groups excluding carboxylic acids is 5. The Morgan fingerprint density at radius 2 is 1.71 bits per heavy atom. The summed E-state index contributed by atoms with van der Waals surface area (Å²) in [6.07, 6.45) is 1.79. The minimum absolute atomic E-state index is 0.00545. The zero-order valence-electron chi connectivity index (χ0n) is 29.3. The van der Waals surface area contributed by atoms with Crippen molar-refractivity contribution >= 4 is 46.9 Å². The second-order valence-electron chi connectivity index (χ2n) is 13.7. The summed E-state index contributed by atoms with van der Waals surface area (Å²) in [5.74, 6) is -1.85. The van der Waals surface area contributed by atoms with Crippen molar-refractivity contribution in [3.8, 4) is 0 Å². The maximum atomic E-state index is 13.3. The number of hydrazine groups is 1. The molecule has 14 nitrogen and oxygen atoms in total. The van der Waals surface area contributed by atoms with Crippen molar-refractivity contribution in [2.24, 2.45) is 5.92 Å². The molecule has 4 rings (SSSR count). The van der Waals surface area contributed by atoms with E-state index < -0.39 is 59.8 Å². The predicted octanol–water partition coefficient (Wildman–Crippen LogP) is 3.85. The average Bonchev–Trinajstić information content (AvgIpc) is 3.04. The topological polar surface area (TPSA) is 168 Å². The van der Waals surface area contributed by atoms with E-state index in [-0.39, 0.29) is 25.6 Å². The molecule has 2 aromatic rings. The van der Waals surface area contributed by atoms with Crippen LogP contribution in [-0.2, 0) is 28.6 Å². The number of ether oxygens (including phenoxy) is 3. The zero-order valence-corrected chi connectivity index (χ0v) is 29.3. The van der Waals surface area contributed by atoms with Crippen molar-refractivity contribution in [2.75, 3.05) is 26.2 Å². The first-order valence-corrected chi connectivity index (χ1v) is 16.7. The third-order valence-electron chi connectivity index (χ3n) is 7.99. The fourth-order valence-electron chi connectivity index (χ4n) is 5.38. The minimum Gasteiger partial charge on any atom is -0.444 e. The Kier molecular flexibility index (Phi) is 12.2. The second kappa shape index (κ2) is 16.1. The summed E-state index contributed by atoms with van der Waals surface area (Å²) in [5.41, 5.74) is 4.48. The normalized spacial score (nSPS) is 24.4. The van der Waals surface area contributed by atoms with Crippen LogP contribution < -0.4 is 16.1 Å². The van der Waals surface area contributed by atoms with Gasteiger partial charge in [-0.2, -0.15) is 0 Å². The highest BCUT2D eigenvalue weighted by molar-refractivity contribution is 5.90. The van der Waals surface area contributed by atoms with Gasteiger partial charge in [0.2, 0.25) is 5.91 Å². The third kappa shape index (κ3) is 10.4. The number of hydrogen-bond donors (Lipinski definition) is 3. The maximum absolute atomic E-state index is 13.3. The van der Waals surface area contributed by atoms with Gasteiger partial charge in [-0.25, -0.2) is 15.0 Å². The SMILES string of the molecule is CC(C)[C@@H]1OC(=O)OCCN(C(=O)OC(C)(C)C)C/C=C/c2ccc3ccc(nc3c2)[C@@H](C)NC(=O)[C@@H]2CCCN(N2)C(=O)[C@H](C)NC1=O. The van der Waals surface area contributed by atoms with E-state index in [0.717, 1.165) is 16.5 Å². The number of benzene rings is 1. The third-order valence-corrected chi connectivity index (χ3v) is 7.99. The van der Waals surface area contributed by atoms with Crippen LogP contribution in [0.3, 0.4) is 0 Å². The van der Waals surface area contributed by atoms with Crippen molar-refractivity contribution in [2.45, 2.75) is 91.1 Å². The number of carbonyl (C=O) groups is 5. The van der Waals surface area contributed by atoms with Gasteiger partial charge in [0, 0.05) is 18.5 Å². The number of nitrogens with one attached hydrogen (secondary N) is 3. The van der Waals surface area contributed by atoms with Gasteiger partial charge in [-0.05, 0) is 71.1 Å². The molecule has 1 aromatic heterocycles. The van der Waals surface area contributed by atoms with E-state index in [0.29, 0.717) is 25.1 Å². The largest absolute Gasteiger partial charge is 0.509 e. The van der Waals surface area contributed by atoms with Crippen molar-refractivity contribution in [3.63, 3.8) is 0 Å². The number of aromatic nitrogens is 1. The Bertz CT molecular complexity index is 1570. The molecule has 3 heterocycles. The van der Waals surface area contributed by atoms with E-state index in [9.17, 15) is 24.0 Å². The first-order chi connectivity index (χ1) is 23.1. The van der Waals surface area contributed by atoms with Crippen molar-refractivity contribution in [1.29, 1.82) is 0 Å². The van der Waals surface area contributed by atoms with Gasteiger partial charge in [-0.1, -0.05) is 44.2 Å². The van der Waals surface area contributed by atoms with E-state index in [1.165, 1.54) is 16.8 Å². The lowest BCUT2D eigenvalue weighted by Crippen LogP contribution is -2.61. The van der Waals surface area contributed by atoms with Gasteiger partial charge in [-0.3, -0.25) is 24.4 Å². The fourth-order valence-corrected chi connectivity index (χ4v) is 5.38. The summed E-state index contributed by atoms with van der Waals surface area (Å²) in [6, 6.07) is 7.51. The molecule has 0 radical (unpaired) electrons. The minimum atomic E-state index is -1.25. The van der Waals surface area contributed by atoms with E-state index in [1.807, 2.05) is 43.3 Å². The van der Waals surface area contributed by atoms with Gasteiger partial charge in [-0.15, -0.1) is 0 Å². The molecule has 2 aliphatic rings. The van der Waals surface area contributed by atoms with E-state index >= 15 is 0 Å². The molecule has 0 saturated carbocycles. The van der Waals surface area contributed by atoms with E-state index in [1.54, 1.807) is 40.7 Å². The molecule has 4 atom stereocenters. The number of rotatable bonds is 1. The smallest absolute Gasteiger partial charge is 0.444 e. The highest BCUT2D eigenvalue weighted by atomic mass is 16.7. The molecule has 4 amide bonds. The summed E-state index contributed by atoms with van der Waals surface area (Å²) in [5, 5.41) is 7.88. The highest BCUT2D eigenvalue weighted by Gasteiger charge is 2.34. The van der Waals surface area contributed by atoms with Gasteiger partial charge in [0.25, 0.3) is 11.8 Å². The van der Waals surface area contributed by atoms with Crippen LogP contribution in [0.5, 0.6) is 0 Å². The number of cyclic esters (lactones) is 2. The first kappa shape index (κ1) is 37.1. The highest BCUT2D eigenvalue weighted by Crippen LogP contribution is 2.20. The maximum Gasteiger partial charge on any atom is 0.509 e. The van der Waals surface area contributed by atoms with Crippen molar-refractivity contribution in [1.82, 2.24) is 31.0 Å². The van der Waals surface area contributed by atoms with Crippen LogP contribution in [0.4, 0.5) is 9.59 Å². The molecule has 1 saturated heterocycles. The molecule has 1 fully saturated rings. The summed E-state index contributed by atoms with van der Waals surface area (Å²) in [4.78, 5) is 71.7. The van der Waals surface area contributed by atoms with Gasteiger partial charge < -0.3 is 29.7 Å². The lowest BCUT2D eigenvalue weighted by molar-refractivity contribution is -0.145. The molecular formula is C35H48N6O8. The number of hydrogen-bond acceptors (Lipinski definition) is 10. The van der Waals surface area contributed by atoms with Crippen molar-refractivity contribution < 1.29 is 38.2 Å². The molecule has 0 aliphatic carbocycles. The molecule has 5 bridgehead atoms. The van der Waals surface area contributed by atoms with Crippen LogP contribution in [0, 0.1) is 5.92 Å². The number of nitrogens with zero attached hydrogens (tertiary/aromatic N) is 3. The quantitative estimate of drug-likeness (QED) is 0.376. The molecule has 0 unspecified atom stereocenters. The Hall–Kier alpha value is -4.72. The van der Waals surface area contributed by atoms with E-state index in [4.69, 9.17) is 19.2 Å². The van der Waals surface area contributed by atoms with Crippen LogP contribution in [0.1, 0.15) is 78.6 Å². The summed E-state index contributed by atoms with van der Waals surface area (Å²) in [7, 11) is 0. The molecule has 3 N–H and O–H groups in total. The van der Waals surface area contributed by atoms with Crippen LogP contribution in [0.15, 0.2) is 36.4 Å². The van der Waals surface area contributed by atoms with Crippen LogP contribution >= 0.6 is 0 Å². The van der Waals surface area contributed by atoms with Gasteiger partial charge in [0.05, 0.1) is 23.8 Å². The summed E-state index contributed by atoms with van der Waals surface area (Å²) < 4.78 is 16.2. The monoisotopic (exact) mass is 680 g/mol. The molecule has 14 heteroatoms. The second-order valence-corrected chi connectivity index (χ2v) is 13.7. The molecule has 49 heavy (non-hydrogen) atoms. The van der Waals surface area contributed by atoms with Gasteiger partial charge in [0.1, 0.15) is 24.3 Å². The first-order valence-electron chi connectivity index (χ1n) is 16.7. The zero-order chi connectivity index (χ0) is 35.9. The summed E-state index contributed by atoms with van der Waals surface area (Å²) in [6.45, 7) is 12.3. The van der Waals surface area contributed by atoms with Crippen LogP contribution in [0.25, 0.3) is 17.0 Å². The van der Waals surface area contributed by atoms with Crippen LogP contribution in [0.2, 0.25) is 0 Å². The van der Waals surface area contributed by atoms with Gasteiger partial charge in [0.15, 0.2) is 6.10 Å². The Morgan fingerprint density at radius 1 is 1.00 bits per heavy atom. The standard InChI is InChI=1S/C35H48N6O8/c1-21(2)29-31(43)37-23(4)32(44)41-17-9-11-27(39-41)30(42)36-22(3)26-15-14-25-13-12-24(20-28(25)38-26)10-8-16-40(18-19-47-34(46)48-29)33(45)49-35(5,6)7/h8,10,12-15,20-23,27,29,39H,9,11,16-19H2,1-7H3,(H,36,42)(H,37,43)/b10-8+/t22-,23+,27+,29+/m1/s1. The average molecular weight is 681 g/mol. The molecule has 2 aliphatic heterocycles. The van der Waals surface area contributed by atoms with E-state index in [2.05, 4.69) is 16.1 Å². The lowest BCUT2D eigenvalue weighted by atomic mass is 10.1. The Labute approximate surface area is 286 Å². The lowest BCUT2D eigenvalue weighted by Gasteiger charge is -2.35. The Balaban J connectivity index is 1.61. The van der Waals surface area contributed by atoms with Crippen molar-refractivity contribution in [3.05, 3.63) is 47.7 Å². The van der Waals surface area contributed by atoms with Gasteiger partial charge >= 0.3 is 12.2 Å². The Morgan fingerprint density at radius 3 is 2.43 bits per heavy atom. The molecular weight excluding hydrogens is 632 g/mol. The number of pyridine rings is 1. The number of amides is 4. The predicted molar refractivity (Wildman–Crippen MR) is 182 cm³/mol. The number of fused-ring (bicyclic) bond motifs is 4. The molecule has 0 spiro atoms. The fraction of sp³-hybridized carbons (Fsp3) is 0.543. The van der Waals surface area contributed by atoms with Crippen LogP contribution in [-0.4, -0.2) is 94.9 Å². The summed E-state index contributed by atoms with van der Waals surface area (Å²) >= 11 is 0.